The second-order valence-electron chi connectivity index (χ2n) is 2.59. The lowest BCUT2D eigenvalue weighted by Gasteiger charge is -2.08. The minimum absolute atomic E-state index is 0.417. The highest BCUT2D eigenvalue weighted by molar-refractivity contribution is 6.68. The fourth-order valence-corrected chi connectivity index (χ4v) is 2.42. The second-order valence-corrected chi connectivity index (χ2v) is 4.42. The minimum Gasteiger partial charge on any atom is -0.281 e. The Morgan fingerprint density at radius 3 is 2.00 bits per heavy atom. The molecule has 0 aliphatic heterocycles. The molecule has 1 fully saturated rings. The molecule has 0 aromatic heterocycles. The highest BCUT2D eigenvalue weighted by Crippen LogP contribution is 2.66. The van der Waals surface area contributed by atoms with E-state index in [-0.39, 0.29) is 0 Å². The summed E-state index contributed by atoms with van der Waals surface area (Å²) in [5.41, 5.74) is -0.655. The minimum atomic E-state index is -0.902. The van der Waals surface area contributed by atoms with Crippen molar-refractivity contribution in [1.82, 2.24) is 0 Å². The van der Waals surface area contributed by atoms with Gasteiger partial charge in [-0.05, 0) is 24.4 Å². The lowest BCUT2D eigenvalue weighted by molar-refractivity contribution is -0.116. The van der Waals surface area contributed by atoms with E-state index in [1.807, 2.05) is 6.92 Å². The first-order valence-corrected chi connectivity index (χ1v) is 4.17. The Kier molecular flexibility index (Phi) is 1.95. The molecule has 58 valence electrons. The normalized spacial score (nSPS) is 35.6. The van der Waals surface area contributed by atoms with Gasteiger partial charge in [0.2, 0.25) is 5.24 Å². The highest BCUT2D eigenvalue weighted by atomic mass is 35.5. The Hall–Kier alpha value is 0.540. The number of halogens is 3. The third-order valence-corrected chi connectivity index (χ3v) is 3.43. The van der Waals surface area contributed by atoms with Crippen molar-refractivity contribution in [2.45, 2.75) is 24.1 Å². The average molecular weight is 201 g/mol. The summed E-state index contributed by atoms with van der Waals surface area (Å²) in [4.78, 5) is 10.8. The molecular formula is C6H7Cl3O. The van der Waals surface area contributed by atoms with Gasteiger partial charge in [-0.3, -0.25) is 4.79 Å². The average Bonchev–Trinajstić information content (AvgIpc) is 2.35. The monoisotopic (exact) mass is 200 g/mol. The smallest absolute Gasteiger partial charge is 0.230 e. The summed E-state index contributed by atoms with van der Waals surface area (Å²) < 4.78 is -0.902. The Balaban J connectivity index is 2.78. The van der Waals surface area contributed by atoms with Crippen LogP contribution in [0.3, 0.4) is 0 Å². The summed E-state index contributed by atoms with van der Waals surface area (Å²) in [6.07, 6.45) is 1.10. The topological polar surface area (TPSA) is 17.1 Å². The van der Waals surface area contributed by atoms with E-state index >= 15 is 0 Å². The highest BCUT2D eigenvalue weighted by Gasteiger charge is 2.69. The van der Waals surface area contributed by atoms with Gasteiger partial charge in [0.05, 0.1) is 5.41 Å². The van der Waals surface area contributed by atoms with Gasteiger partial charge in [0.15, 0.2) is 0 Å². The van der Waals surface area contributed by atoms with Gasteiger partial charge in [-0.2, -0.15) is 0 Å². The van der Waals surface area contributed by atoms with Crippen molar-refractivity contribution < 1.29 is 4.79 Å². The van der Waals surface area contributed by atoms with Crippen molar-refractivity contribution >= 4 is 40.0 Å². The van der Waals surface area contributed by atoms with Crippen molar-refractivity contribution in [3.63, 3.8) is 0 Å². The summed E-state index contributed by atoms with van der Waals surface area (Å²) in [5.74, 6) is 0. The van der Waals surface area contributed by atoms with Crippen LogP contribution in [0.5, 0.6) is 0 Å². The first-order valence-electron chi connectivity index (χ1n) is 3.04. The lowest BCUT2D eigenvalue weighted by atomic mass is 10.1. The van der Waals surface area contributed by atoms with Crippen LogP contribution in [0.25, 0.3) is 0 Å². The Morgan fingerprint density at radius 1 is 1.60 bits per heavy atom. The van der Waals surface area contributed by atoms with E-state index in [9.17, 15) is 4.79 Å². The molecule has 1 atom stereocenters. The largest absolute Gasteiger partial charge is 0.281 e. The predicted octanol–water partition coefficient (Wildman–Crippen LogP) is 2.73. The third kappa shape index (κ3) is 0.956. The Bertz CT molecular complexity index is 178. The molecule has 1 aliphatic carbocycles. The van der Waals surface area contributed by atoms with Gasteiger partial charge in [-0.15, -0.1) is 23.2 Å². The molecule has 0 radical (unpaired) electrons. The first kappa shape index (κ1) is 8.63. The van der Waals surface area contributed by atoms with Crippen molar-refractivity contribution in [1.29, 1.82) is 0 Å². The molecule has 0 aromatic carbocycles. The molecule has 0 N–H and O–H groups in total. The number of carbonyl (C=O) groups is 1. The summed E-state index contributed by atoms with van der Waals surface area (Å²) >= 11 is 16.7. The van der Waals surface area contributed by atoms with Crippen molar-refractivity contribution in [3.05, 3.63) is 0 Å². The van der Waals surface area contributed by atoms with Crippen LogP contribution in [-0.2, 0) is 4.79 Å². The molecule has 1 unspecified atom stereocenters. The van der Waals surface area contributed by atoms with Crippen LogP contribution < -0.4 is 0 Å². The molecule has 1 saturated carbocycles. The van der Waals surface area contributed by atoms with E-state index in [4.69, 9.17) is 34.8 Å². The van der Waals surface area contributed by atoms with Crippen LogP contribution >= 0.6 is 34.8 Å². The van der Waals surface area contributed by atoms with Gasteiger partial charge in [0, 0.05) is 0 Å². The Morgan fingerprint density at radius 2 is 2.00 bits per heavy atom. The van der Waals surface area contributed by atoms with Gasteiger partial charge < -0.3 is 0 Å². The van der Waals surface area contributed by atoms with Crippen LogP contribution in [0.15, 0.2) is 0 Å². The van der Waals surface area contributed by atoms with Crippen LogP contribution in [0.2, 0.25) is 0 Å². The van der Waals surface area contributed by atoms with E-state index in [1.165, 1.54) is 0 Å². The quantitative estimate of drug-likeness (QED) is 0.496. The first-order chi connectivity index (χ1) is 4.46. The fraction of sp³-hybridized carbons (Fsp3) is 0.833. The zero-order valence-corrected chi connectivity index (χ0v) is 7.72. The van der Waals surface area contributed by atoms with Crippen molar-refractivity contribution in [2.75, 3.05) is 0 Å². The fourth-order valence-electron chi connectivity index (χ4n) is 1.07. The number of carbonyl (C=O) groups excluding carboxylic acids is 1. The lowest BCUT2D eigenvalue weighted by Crippen LogP contribution is -2.15. The molecule has 10 heavy (non-hydrogen) atoms. The van der Waals surface area contributed by atoms with Crippen molar-refractivity contribution in [3.8, 4) is 0 Å². The standard InChI is InChI=1S/C6H7Cl3O/c1-2-5(4(7)10)3-6(5,8)9/h2-3H2,1H3. The summed E-state index contributed by atoms with van der Waals surface area (Å²) in [6, 6.07) is 0. The maximum atomic E-state index is 10.8. The summed E-state index contributed by atoms with van der Waals surface area (Å²) in [6.45, 7) is 1.85. The molecule has 0 saturated heterocycles. The van der Waals surface area contributed by atoms with Gasteiger partial charge in [0.1, 0.15) is 4.33 Å². The van der Waals surface area contributed by atoms with E-state index in [0.29, 0.717) is 12.8 Å². The number of hydrogen-bond acceptors (Lipinski definition) is 1. The molecule has 4 heteroatoms. The maximum Gasteiger partial charge on any atom is 0.230 e. The molecular weight excluding hydrogens is 194 g/mol. The molecule has 1 aliphatic rings. The molecule has 1 nitrogen and oxygen atoms in total. The number of hydrogen-bond donors (Lipinski definition) is 0. The SMILES string of the molecule is CCC1(C(=O)Cl)CC1(Cl)Cl. The van der Waals surface area contributed by atoms with E-state index in [0.717, 1.165) is 0 Å². The van der Waals surface area contributed by atoms with Gasteiger partial charge >= 0.3 is 0 Å². The molecule has 0 heterocycles. The molecule has 0 spiro atoms. The Labute approximate surface area is 74.6 Å². The molecule has 1 rings (SSSR count). The number of alkyl halides is 2. The third-order valence-electron chi connectivity index (χ3n) is 2.08. The maximum absolute atomic E-state index is 10.8. The summed E-state index contributed by atoms with van der Waals surface area (Å²) in [5, 5.41) is -0.417. The predicted molar refractivity (Wildman–Crippen MR) is 42.6 cm³/mol. The molecule has 0 amide bonds. The van der Waals surface area contributed by atoms with Crippen LogP contribution in [0.4, 0.5) is 0 Å². The second kappa shape index (κ2) is 2.26. The van der Waals surface area contributed by atoms with Gasteiger partial charge in [-0.1, -0.05) is 6.92 Å². The molecule has 0 aromatic rings. The van der Waals surface area contributed by atoms with Crippen molar-refractivity contribution in [2.24, 2.45) is 5.41 Å². The molecule has 0 bridgehead atoms. The van der Waals surface area contributed by atoms with E-state index in [2.05, 4.69) is 0 Å². The van der Waals surface area contributed by atoms with Gasteiger partial charge in [-0.25, -0.2) is 0 Å². The zero-order valence-electron chi connectivity index (χ0n) is 5.46. The summed E-state index contributed by atoms with van der Waals surface area (Å²) in [7, 11) is 0. The van der Waals surface area contributed by atoms with Gasteiger partial charge in [0.25, 0.3) is 0 Å². The zero-order chi connectivity index (χ0) is 7.99. The van der Waals surface area contributed by atoms with Crippen LogP contribution in [0, 0.1) is 5.41 Å². The number of rotatable bonds is 2. The van der Waals surface area contributed by atoms with E-state index < -0.39 is 15.0 Å². The van der Waals surface area contributed by atoms with E-state index in [1.54, 1.807) is 0 Å². The van der Waals surface area contributed by atoms with Crippen LogP contribution in [-0.4, -0.2) is 9.58 Å². The van der Waals surface area contributed by atoms with Crippen LogP contribution in [0.1, 0.15) is 19.8 Å².